The van der Waals surface area contributed by atoms with E-state index >= 15 is 0 Å². The highest BCUT2D eigenvalue weighted by atomic mass is 32.2. The van der Waals surface area contributed by atoms with Crippen molar-refractivity contribution in [3.8, 4) is 0 Å². The first kappa shape index (κ1) is 19.2. The molecular weight excluding hydrogens is 362 g/mol. The zero-order valence-corrected chi connectivity index (χ0v) is 16.7. The van der Waals surface area contributed by atoms with Crippen LogP contribution >= 0.6 is 0 Å². The Balaban J connectivity index is 1.73. The number of nitrogens with one attached hydrogen (secondary N) is 1. The Morgan fingerprint density at radius 1 is 0.963 bits per heavy atom. The van der Waals surface area contributed by atoms with Crippen LogP contribution in [0.5, 0.6) is 0 Å². The number of carbonyl (C=O) groups excluding carboxylic acids is 1. The van der Waals surface area contributed by atoms with E-state index in [4.69, 9.17) is 0 Å². The SMILES string of the molecule is CC(=O)N1CCN(c2ccc(NS(=O)(=O)c3ccc(C)cc3)cc2C)CC1. The van der Waals surface area contributed by atoms with E-state index in [2.05, 4.69) is 9.62 Å². The number of hydrogen-bond donors (Lipinski definition) is 1. The molecule has 0 unspecified atom stereocenters. The molecule has 144 valence electrons. The van der Waals surface area contributed by atoms with Crippen molar-refractivity contribution >= 4 is 27.3 Å². The molecule has 1 amide bonds. The van der Waals surface area contributed by atoms with Gasteiger partial charge in [-0.25, -0.2) is 8.42 Å². The number of rotatable bonds is 4. The number of benzene rings is 2. The monoisotopic (exact) mass is 387 g/mol. The molecule has 1 heterocycles. The highest BCUT2D eigenvalue weighted by Crippen LogP contribution is 2.26. The highest BCUT2D eigenvalue weighted by molar-refractivity contribution is 7.92. The van der Waals surface area contributed by atoms with Gasteiger partial charge in [0.2, 0.25) is 5.91 Å². The van der Waals surface area contributed by atoms with Gasteiger partial charge in [-0.1, -0.05) is 17.7 Å². The summed E-state index contributed by atoms with van der Waals surface area (Å²) >= 11 is 0. The van der Waals surface area contributed by atoms with E-state index in [1.165, 1.54) is 0 Å². The maximum absolute atomic E-state index is 12.6. The minimum absolute atomic E-state index is 0.104. The van der Waals surface area contributed by atoms with Crippen LogP contribution in [0.25, 0.3) is 0 Å². The van der Waals surface area contributed by atoms with Crippen LogP contribution in [0.15, 0.2) is 47.4 Å². The molecule has 6 nitrogen and oxygen atoms in total. The number of aryl methyl sites for hydroxylation is 2. The average molecular weight is 388 g/mol. The number of carbonyl (C=O) groups is 1. The van der Waals surface area contributed by atoms with E-state index in [1.807, 2.05) is 30.9 Å². The summed E-state index contributed by atoms with van der Waals surface area (Å²) in [5.74, 6) is 0.104. The van der Waals surface area contributed by atoms with Crippen molar-refractivity contribution in [3.63, 3.8) is 0 Å². The van der Waals surface area contributed by atoms with Crippen LogP contribution in [-0.2, 0) is 14.8 Å². The fraction of sp³-hybridized carbons (Fsp3) is 0.350. The van der Waals surface area contributed by atoms with Gasteiger partial charge in [0.25, 0.3) is 10.0 Å². The molecule has 0 spiro atoms. The van der Waals surface area contributed by atoms with Crippen molar-refractivity contribution in [2.24, 2.45) is 0 Å². The van der Waals surface area contributed by atoms with Crippen molar-refractivity contribution in [1.82, 2.24) is 4.90 Å². The van der Waals surface area contributed by atoms with Gasteiger partial charge in [-0.2, -0.15) is 0 Å². The lowest BCUT2D eigenvalue weighted by Gasteiger charge is -2.36. The number of amides is 1. The van der Waals surface area contributed by atoms with Gasteiger partial charge in [0.05, 0.1) is 4.90 Å². The third-order valence-electron chi connectivity index (χ3n) is 4.85. The van der Waals surface area contributed by atoms with Crippen LogP contribution in [0.4, 0.5) is 11.4 Å². The largest absolute Gasteiger partial charge is 0.368 e. The number of hydrogen-bond acceptors (Lipinski definition) is 4. The first-order valence-corrected chi connectivity index (χ1v) is 10.5. The number of nitrogens with zero attached hydrogens (tertiary/aromatic N) is 2. The molecule has 0 atom stereocenters. The molecule has 0 aromatic heterocycles. The lowest BCUT2D eigenvalue weighted by molar-refractivity contribution is -0.129. The molecule has 1 aliphatic heterocycles. The predicted molar refractivity (Wildman–Crippen MR) is 108 cm³/mol. The van der Waals surface area contributed by atoms with Crippen LogP contribution in [0, 0.1) is 13.8 Å². The second kappa shape index (κ2) is 7.60. The molecule has 1 N–H and O–H groups in total. The van der Waals surface area contributed by atoms with Gasteiger partial charge in [-0.05, 0) is 49.7 Å². The lowest BCUT2D eigenvalue weighted by atomic mass is 10.1. The third-order valence-corrected chi connectivity index (χ3v) is 6.24. The summed E-state index contributed by atoms with van der Waals surface area (Å²) in [6.07, 6.45) is 0. The van der Waals surface area contributed by atoms with Gasteiger partial charge >= 0.3 is 0 Å². The summed E-state index contributed by atoms with van der Waals surface area (Å²) in [6, 6.07) is 12.3. The Bertz CT molecular complexity index is 931. The molecule has 1 aliphatic rings. The predicted octanol–water partition coefficient (Wildman–Crippen LogP) is 2.77. The van der Waals surface area contributed by atoms with Gasteiger partial charge < -0.3 is 9.80 Å². The number of piperazine rings is 1. The van der Waals surface area contributed by atoms with Crippen molar-refractivity contribution < 1.29 is 13.2 Å². The van der Waals surface area contributed by atoms with Crippen LogP contribution in [0.2, 0.25) is 0 Å². The molecule has 0 radical (unpaired) electrons. The number of sulfonamides is 1. The molecule has 1 fully saturated rings. The molecule has 2 aromatic carbocycles. The normalized spacial score (nSPS) is 14.9. The lowest BCUT2D eigenvalue weighted by Crippen LogP contribution is -2.48. The van der Waals surface area contributed by atoms with Gasteiger partial charge in [-0.15, -0.1) is 0 Å². The van der Waals surface area contributed by atoms with Gasteiger partial charge in [0.15, 0.2) is 0 Å². The Hall–Kier alpha value is -2.54. The summed E-state index contributed by atoms with van der Waals surface area (Å²) in [7, 11) is -3.61. The van der Waals surface area contributed by atoms with E-state index in [-0.39, 0.29) is 10.8 Å². The average Bonchev–Trinajstić information content (AvgIpc) is 2.62. The summed E-state index contributed by atoms with van der Waals surface area (Å²) in [5, 5.41) is 0. The van der Waals surface area contributed by atoms with E-state index in [1.54, 1.807) is 37.3 Å². The maximum atomic E-state index is 12.6. The molecule has 2 aromatic rings. The quantitative estimate of drug-likeness (QED) is 0.876. The second-order valence-corrected chi connectivity index (χ2v) is 8.60. The minimum atomic E-state index is -3.61. The van der Waals surface area contributed by atoms with Crippen LogP contribution < -0.4 is 9.62 Å². The Kier molecular flexibility index (Phi) is 5.41. The Labute approximate surface area is 160 Å². The van der Waals surface area contributed by atoms with E-state index in [0.717, 1.165) is 29.9 Å². The van der Waals surface area contributed by atoms with Crippen molar-refractivity contribution in [2.45, 2.75) is 25.7 Å². The summed E-state index contributed by atoms with van der Waals surface area (Å²) < 4.78 is 27.8. The van der Waals surface area contributed by atoms with Crippen molar-refractivity contribution in [3.05, 3.63) is 53.6 Å². The fourth-order valence-electron chi connectivity index (χ4n) is 3.27. The Morgan fingerprint density at radius 2 is 1.59 bits per heavy atom. The van der Waals surface area contributed by atoms with E-state index < -0.39 is 10.0 Å². The molecule has 27 heavy (non-hydrogen) atoms. The zero-order valence-electron chi connectivity index (χ0n) is 15.9. The van der Waals surface area contributed by atoms with Gasteiger partial charge in [0, 0.05) is 44.5 Å². The topological polar surface area (TPSA) is 69.7 Å². The first-order valence-electron chi connectivity index (χ1n) is 8.97. The maximum Gasteiger partial charge on any atom is 0.261 e. The fourth-order valence-corrected chi connectivity index (χ4v) is 4.32. The van der Waals surface area contributed by atoms with Crippen LogP contribution in [0.1, 0.15) is 18.1 Å². The van der Waals surface area contributed by atoms with Crippen LogP contribution in [0.3, 0.4) is 0 Å². The highest BCUT2D eigenvalue weighted by Gasteiger charge is 2.20. The summed E-state index contributed by atoms with van der Waals surface area (Å²) in [5.41, 5.74) is 3.62. The van der Waals surface area contributed by atoms with Crippen LogP contribution in [-0.4, -0.2) is 45.4 Å². The summed E-state index contributed by atoms with van der Waals surface area (Å²) in [4.78, 5) is 15.8. The van der Waals surface area contributed by atoms with Gasteiger partial charge in [0.1, 0.15) is 0 Å². The molecule has 1 saturated heterocycles. The Morgan fingerprint density at radius 3 is 2.15 bits per heavy atom. The molecule has 0 saturated carbocycles. The minimum Gasteiger partial charge on any atom is -0.368 e. The smallest absolute Gasteiger partial charge is 0.261 e. The molecular formula is C20H25N3O3S. The molecule has 7 heteroatoms. The van der Waals surface area contributed by atoms with Gasteiger partial charge in [-0.3, -0.25) is 9.52 Å². The molecule has 0 aliphatic carbocycles. The second-order valence-electron chi connectivity index (χ2n) is 6.91. The van der Waals surface area contributed by atoms with Crippen molar-refractivity contribution in [1.29, 1.82) is 0 Å². The van der Waals surface area contributed by atoms with E-state index in [9.17, 15) is 13.2 Å². The van der Waals surface area contributed by atoms with Crippen molar-refractivity contribution in [2.75, 3.05) is 35.8 Å². The first-order chi connectivity index (χ1) is 12.8. The molecule has 3 rings (SSSR count). The third kappa shape index (κ3) is 4.42. The summed E-state index contributed by atoms with van der Waals surface area (Å²) in [6.45, 7) is 8.44. The number of anilines is 2. The zero-order chi connectivity index (χ0) is 19.6. The standard InChI is InChI=1S/C20H25N3O3S/c1-15-4-7-19(8-5-15)27(25,26)21-18-6-9-20(16(2)14-18)23-12-10-22(11-13-23)17(3)24/h4-9,14,21H,10-13H2,1-3H3. The van der Waals surface area contributed by atoms with E-state index in [0.29, 0.717) is 18.8 Å². The molecule has 0 bridgehead atoms.